The molecule has 1 atom stereocenters. The van der Waals surface area contributed by atoms with E-state index in [0.29, 0.717) is 5.69 Å². The summed E-state index contributed by atoms with van der Waals surface area (Å²) >= 11 is 0. The SMILES string of the molecule is CC(=O)N[C@@H](Cc1cn(-c2ccc(O)c(O)c2)c2ccccc12)C(=O)O. The fraction of sp³-hybridized carbons (Fsp3) is 0.158. The van der Waals surface area contributed by atoms with Crippen LogP contribution >= 0.6 is 0 Å². The van der Waals surface area contributed by atoms with Gasteiger partial charge in [0.1, 0.15) is 6.04 Å². The number of nitrogens with zero attached hydrogens (tertiary/aromatic N) is 1. The molecule has 2 aromatic carbocycles. The van der Waals surface area contributed by atoms with Gasteiger partial charge in [-0.3, -0.25) is 4.79 Å². The number of benzene rings is 2. The minimum atomic E-state index is -1.11. The summed E-state index contributed by atoms with van der Waals surface area (Å²) < 4.78 is 1.80. The van der Waals surface area contributed by atoms with E-state index in [1.54, 1.807) is 16.8 Å². The van der Waals surface area contributed by atoms with Crippen LogP contribution in [0.1, 0.15) is 12.5 Å². The number of hydrogen-bond acceptors (Lipinski definition) is 4. The number of para-hydroxylation sites is 1. The van der Waals surface area contributed by atoms with Gasteiger partial charge >= 0.3 is 5.97 Å². The molecule has 0 saturated carbocycles. The molecule has 0 aliphatic rings. The van der Waals surface area contributed by atoms with E-state index in [9.17, 15) is 24.9 Å². The molecular formula is C19H18N2O5. The first-order valence-electron chi connectivity index (χ1n) is 7.98. The first-order valence-corrected chi connectivity index (χ1v) is 7.98. The predicted molar refractivity (Wildman–Crippen MR) is 95.5 cm³/mol. The number of amides is 1. The summed E-state index contributed by atoms with van der Waals surface area (Å²) in [7, 11) is 0. The van der Waals surface area contributed by atoms with E-state index in [4.69, 9.17) is 0 Å². The molecule has 0 spiro atoms. The fourth-order valence-electron chi connectivity index (χ4n) is 2.95. The molecule has 0 saturated heterocycles. The van der Waals surface area contributed by atoms with Crippen LogP contribution in [-0.4, -0.2) is 37.8 Å². The third-order valence-corrected chi connectivity index (χ3v) is 4.13. The molecule has 0 aliphatic heterocycles. The van der Waals surface area contributed by atoms with Gasteiger partial charge in [0.2, 0.25) is 5.91 Å². The van der Waals surface area contributed by atoms with Crippen LogP contribution < -0.4 is 5.32 Å². The van der Waals surface area contributed by atoms with Crippen LogP contribution in [0.25, 0.3) is 16.6 Å². The average molecular weight is 354 g/mol. The minimum Gasteiger partial charge on any atom is -0.504 e. The predicted octanol–water partition coefficient (Wildman–Crippen LogP) is 2.17. The highest BCUT2D eigenvalue weighted by Gasteiger charge is 2.21. The zero-order valence-corrected chi connectivity index (χ0v) is 14.0. The first-order chi connectivity index (χ1) is 12.4. The molecule has 1 amide bonds. The van der Waals surface area contributed by atoms with Crippen molar-refractivity contribution in [1.29, 1.82) is 0 Å². The number of rotatable bonds is 5. The maximum atomic E-state index is 11.5. The number of carboxylic acid groups (broad SMARTS) is 1. The first kappa shape index (κ1) is 17.3. The van der Waals surface area contributed by atoms with Crippen molar-refractivity contribution < 1.29 is 24.9 Å². The molecule has 7 heteroatoms. The molecule has 3 rings (SSSR count). The van der Waals surface area contributed by atoms with Gasteiger partial charge in [0.15, 0.2) is 11.5 Å². The number of hydrogen-bond donors (Lipinski definition) is 4. The molecule has 0 unspecified atom stereocenters. The maximum Gasteiger partial charge on any atom is 0.326 e. The molecule has 0 fully saturated rings. The van der Waals surface area contributed by atoms with Gasteiger partial charge in [0.25, 0.3) is 0 Å². The lowest BCUT2D eigenvalue weighted by Crippen LogP contribution is -2.41. The van der Waals surface area contributed by atoms with Crippen molar-refractivity contribution in [2.45, 2.75) is 19.4 Å². The number of carboxylic acids is 1. The Morgan fingerprint density at radius 1 is 1.12 bits per heavy atom. The monoisotopic (exact) mass is 354 g/mol. The molecule has 134 valence electrons. The van der Waals surface area contributed by atoms with Gasteiger partial charge in [-0.1, -0.05) is 18.2 Å². The number of aliphatic carboxylic acids is 1. The molecule has 26 heavy (non-hydrogen) atoms. The van der Waals surface area contributed by atoms with Crippen molar-refractivity contribution in [3.63, 3.8) is 0 Å². The Bertz CT molecular complexity index is 993. The molecule has 1 heterocycles. The van der Waals surface area contributed by atoms with Gasteiger partial charge in [-0.15, -0.1) is 0 Å². The van der Waals surface area contributed by atoms with Crippen molar-refractivity contribution >= 4 is 22.8 Å². The summed E-state index contributed by atoms with van der Waals surface area (Å²) in [5.41, 5.74) is 2.18. The van der Waals surface area contributed by atoms with E-state index in [2.05, 4.69) is 5.32 Å². The van der Waals surface area contributed by atoms with Gasteiger partial charge in [-0.25, -0.2) is 4.79 Å². The molecule has 3 aromatic rings. The maximum absolute atomic E-state index is 11.5. The summed E-state index contributed by atoms with van der Waals surface area (Å²) in [5.74, 6) is -1.99. The number of aromatic nitrogens is 1. The van der Waals surface area contributed by atoms with Crippen molar-refractivity contribution in [3.8, 4) is 17.2 Å². The molecular weight excluding hydrogens is 336 g/mol. The number of fused-ring (bicyclic) bond motifs is 1. The summed E-state index contributed by atoms with van der Waals surface area (Å²) in [6, 6.07) is 10.9. The normalized spacial score (nSPS) is 12.0. The summed E-state index contributed by atoms with van der Waals surface area (Å²) in [6.07, 6.45) is 1.89. The summed E-state index contributed by atoms with van der Waals surface area (Å²) in [4.78, 5) is 22.7. The molecule has 4 N–H and O–H groups in total. The van der Waals surface area contributed by atoms with Crippen molar-refractivity contribution in [2.24, 2.45) is 0 Å². The van der Waals surface area contributed by atoms with E-state index in [-0.39, 0.29) is 17.9 Å². The highest BCUT2D eigenvalue weighted by Crippen LogP contribution is 2.31. The standard InChI is InChI=1S/C19H18N2O5/c1-11(22)20-15(19(25)26)8-12-10-21(16-5-3-2-4-14(12)16)13-6-7-17(23)18(24)9-13/h2-7,9-10,15,23-24H,8H2,1H3,(H,20,22)(H,25,26)/t15-/m0/s1. The van der Waals surface area contributed by atoms with Gasteiger partial charge in [0, 0.05) is 36.7 Å². The molecule has 0 aliphatic carbocycles. The highest BCUT2D eigenvalue weighted by atomic mass is 16.4. The third kappa shape index (κ3) is 3.32. The Kier molecular flexibility index (Phi) is 4.53. The second-order valence-electron chi connectivity index (χ2n) is 6.01. The second kappa shape index (κ2) is 6.79. The Morgan fingerprint density at radius 2 is 1.85 bits per heavy atom. The van der Waals surface area contributed by atoms with Crippen molar-refractivity contribution in [3.05, 3.63) is 54.2 Å². The van der Waals surface area contributed by atoms with Gasteiger partial charge in [-0.05, 0) is 23.8 Å². The van der Waals surface area contributed by atoms with Crippen molar-refractivity contribution in [1.82, 2.24) is 9.88 Å². The van der Waals surface area contributed by atoms with E-state index in [1.807, 2.05) is 24.3 Å². The van der Waals surface area contributed by atoms with Crippen LogP contribution in [0.15, 0.2) is 48.7 Å². The van der Waals surface area contributed by atoms with Crippen LogP contribution in [0, 0.1) is 0 Å². The van der Waals surface area contributed by atoms with Crippen LogP contribution in [0.5, 0.6) is 11.5 Å². The lowest BCUT2D eigenvalue weighted by Gasteiger charge is -2.12. The minimum absolute atomic E-state index is 0.118. The average Bonchev–Trinajstić information content (AvgIpc) is 2.95. The molecule has 7 nitrogen and oxygen atoms in total. The Labute approximate surface area is 149 Å². The van der Waals surface area contributed by atoms with Crippen molar-refractivity contribution in [2.75, 3.05) is 0 Å². The number of phenols is 2. The topological polar surface area (TPSA) is 112 Å². The van der Waals surface area contributed by atoms with Gasteiger partial charge in [-0.2, -0.15) is 0 Å². The highest BCUT2D eigenvalue weighted by molar-refractivity contribution is 5.88. The third-order valence-electron chi connectivity index (χ3n) is 4.13. The van der Waals surface area contributed by atoms with E-state index in [0.717, 1.165) is 16.5 Å². The number of carbonyl (C=O) groups excluding carboxylic acids is 1. The zero-order valence-electron chi connectivity index (χ0n) is 14.0. The van der Waals surface area contributed by atoms with Gasteiger partial charge in [0.05, 0.1) is 5.52 Å². The molecule has 0 radical (unpaired) electrons. The van der Waals surface area contributed by atoms with Crippen LogP contribution in [0.3, 0.4) is 0 Å². The number of aromatic hydroxyl groups is 2. The summed E-state index contributed by atoms with van der Waals surface area (Å²) in [5, 5.41) is 31.9. The lowest BCUT2D eigenvalue weighted by atomic mass is 10.1. The largest absolute Gasteiger partial charge is 0.504 e. The molecule has 0 bridgehead atoms. The Balaban J connectivity index is 2.08. The zero-order chi connectivity index (χ0) is 18.8. The van der Waals surface area contributed by atoms with Crippen LogP contribution in [-0.2, 0) is 16.0 Å². The van der Waals surface area contributed by atoms with Crippen LogP contribution in [0.4, 0.5) is 0 Å². The lowest BCUT2D eigenvalue weighted by molar-refractivity contribution is -0.141. The molecule has 1 aromatic heterocycles. The smallest absolute Gasteiger partial charge is 0.326 e. The van der Waals surface area contributed by atoms with E-state index >= 15 is 0 Å². The van der Waals surface area contributed by atoms with E-state index < -0.39 is 17.9 Å². The van der Waals surface area contributed by atoms with Gasteiger partial charge < -0.3 is 25.2 Å². The number of phenolic OH excluding ortho intramolecular Hbond substituents is 2. The number of nitrogens with one attached hydrogen (secondary N) is 1. The quantitative estimate of drug-likeness (QED) is 0.525. The van der Waals surface area contributed by atoms with E-state index in [1.165, 1.54) is 19.1 Å². The van der Waals surface area contributed by atoms with Crippen LogP contribution in [0.2, 0.25) is 0 Å². The second-order valence-corrected chi connectivity index (χ2v) is 6.01. The Morgan fingerprint density at radius 3 is 2.50 bits per heavy atom. The fourth-order valence-corrected chi connectivity index (χ4v) is 2.95. The number of carbonyl (C=O) groups is 2. The Hall–Kier alpha value is -3.48. The summed E-state index contributed by atoms with van der Waals surface area (Å²) in [6.45, 7) is 1.28.